The largest absolute Gasteiger partial charge is 0.273 e. The number of benzene rings is 1. The van der Waals surface area contributed by atoms with Crippen LogP contribution in [0.1, 0.15) is 52.7 Å². The third kappa shape index (κ3) is 5.93. The number of aliphatic imine (C=N–C) groups is 1. The Kier molecular flexibility index (Phi) is 7.73. The quantitative estimate of drug-likeness (QED) is 0.229. The summed E-state index contributed by atoms with van der Waals surface area (Å²) in [6, 6.07) is 4.98. The fourth-order valence-electron chi connectivity index (χ4n) is 2.32. The van der Waals surface area contributed by atoms with E-state index in [1.165, 1.54) is 17.2 Å². The standard InChI is InChI=1S/C25H30FN/c1-10-21(19(6)16-15-18(5)17(3)4)24(27-25(8,9)11-2)22-13-12-14-23(26)20(22)7/h1,11-16H,2H2,3-9H3/b16-15-,21-19-,27-24?. The highest BCUT2D eigenvalue weighted by molar-refractivity contribution is 6.17. The molecule has 2 heteroatoms. The number of allylic oxidation sites excluding steroid dienone is 6. The van der Waals surface area contributed by atoms with E-state index in [-0.39, 0.29) is 5.82 Å². The van der Waals surface area contributed by atoms with Gasteiger partial charge in [0.15, 0.2) is 0 Å². The second kappa shape index (κ2) is 9.33. The number of hydrogen-bond donors (Lipinski definition) is 0. The predicted molar refractivity (Wildman–Crippen MR) is 117 cm³/mol. The summed E-state index contributed by atoms with van der Waals surface area (Å²) in [5, 5.41) is 0. The summed E-state index contributed by atoms with van der Waals surface area (Å²) in [5.41, 5.74) is 5.27. The van der Waals surface area contributed by atoms with E-state index in [0.29, 0.717) is 22.4 Å². The molecule has 0 fully saturated rings. The molecule has 0 saturated heterocycles. The maximum Gasteiger partial charge on any atom is 0.126 e. The molecule has 0 aliphatic carbocycles. The molecule has 0 saturated carbocycles. The van der Waals surface area contributed by atoms with Gasteiger partial charge in [0.2, 0.25) is 0 Å². The summed E-state index contributed by atoms with van der Waals surface area (Å²) in [7, 11) is 0. The van der Waals surface area contributed by atoms with Gasteiger partial charge < -0.3 is 0 Å². The molecule has 1 rings (SSSR count). The predicted octanol–water partition coefficient (Wildman–Crippen LogP) is 6.75. The molecule has 1 nitrogen and oxygen atoms in total. The first-order valence-electron chi connectivity index (χ1n) is 9.03. The van der Waals surface area contributed by atoms with E-state index in [9.17, 15) is 4.39 Å². The highest BCUT2D eigenvalue weighted by Gasteiger charge is 2.19. The Bertz CT molecular complexity index is 879. The lowest BCUT2D eigenvalue weighted by atomic mass is 9.93. The molecule has 0 aliphatic heterocycles. The summed E-state index contributed by atoms with van der Waals surface area (Å²) < 4.78 is 14.2. The molecule has 0 aliphatic rings. The molecule has 0 bridgehead atoms. The van der Waals surface area contributed by atoms with Crippen molar-refractivity contribution in [3.05, 3.63) is 82.2 Å². The van der Waals surface area contributed by atoms with E-state index >= 15 is 0 Å². The van der Waals surface area contributed by atoms with Gasteiger partial charge in [-0.15, -0.1) is 13.0 Å². The normalized spacial score (nSPS) is 13.2. The maximum absolute atomic E-state index is 14.2. The van der Waals surface area contributed by atoms with E-state index in [4.69, 9.17) is 11.4 Å². The first-order chi connectivity index (χ1) is 12.5. The minimum atomic E-state index is -0.532. The van der Waals surface area contributed by atoms with E-state index in [1.54, 1.807) is 19.1 Å². The van der Waals surface area contributed by atoms with Gasteiger partial charge in [0.25, 0.3) is 0 Å². The summed E-state index contributed by atoms with van der Waals surface area (Å²) in [5.74, 6) is 2.50. The average Bonchev–Trinajstić information content (AvgIpc) is 2.61. The number of rotatable bonds is 6. The van der Waals surface area contributed by atoms with E-state index in [1.807, 2.05) is 39.0 Å². The van der Waals surface area contributed by atoms with Gasteiger partial charge >= 0.3 is 0 Å². The zero-order chi connectivity index (χ0) is 20.8. The Hall–Kier alpha value is -2.66. The molecule has 1 aromatic carbocycles. The van der Waals surface area contributed by atoms with Crippen LogP contribution in [0.25, 0.3) is 0 Å². The molecular formula is C25H30FN. The smallest absolute Gasteiger partial charge is 0.126 e. The van der Waals surface area contributed by atoms with Crippen molar-refractivity contribution >= 4 is 5.71 Å². The third-order valence-corrected chi connectivity index (χ3v) is 4.57. The molecule has 0 amide bonds. The van der Waals surface area contributed by atoms with Crippen LogP contribution in [0, 0.1) is 25.1 Å². The fraction of sp³-hybridized carbons (Fsp3) is 0.320. The third-order valence-electron chi connectivity index (χ3n) is 4.57. The van der Waals surface area contributed by atoms with Crippen LogP contribution in [0.15, 0.2) is 70.3 Å². The highest BCUT2D eigenvalue weighted by atomic mass is 19.1. The van der Waals surface area contributed by atoms with Crippen molar-refractivity contribution in [2.45, 2.75) is 54.0 Å². The van der Waals surface area contributed by atoms with Crippen LogP contribution in [0.2, 0.25) is 0 Å². The number of nitrogens with zero attached hydrogens (tertiary/aromatic N) is 1. The zero-order valence-electron chi connectivity index (χ0n) is 17.6. The first kappa shape index (κ1) is 22.4. The minimum absolute atomic E-state index is 0.276. The Morgan fingerprint density at radius 3 is 2.26 bits per heavy atom. The average molecular weight is 364 g/mol. The monoisotopic (exact) mass is 363 g/mol. The van der Waals surface area contributed by atoms with Crippen LogP contribution in [-0.2, 0) is 0 Å². The molecule has 27 heavy (non-hydrogen) atoms. The van der Waals surface area contributed by atoms with Gasteiger partial charge in [-0.2, -0.15) is 0 Å². The number of terminal acetylenes is 1. The zero-order valence-corrected chi connectivity index (χ0v) is 17.6. The second-order valence-corrected chi connectivity index (χ2v) is 7.45. The Morgan fingerprint density at radius 2 is 1.74 bits per heavy atom. The van der Waals surface area contributed by atoms with Crippen LogP contribution in [-0.4, -0.2) is 11.3 Å². The minimum Gasteiger partial charge on any atom is -0.273 e. The second-order valence-electron chi connectivity index (χ2n) is 7.45. The molecule has 0 radical (unpaired) electrons. The van der Waals surface area contributed by atoms with Gasteiger partial charge in [-0.25, -0.2) is 4.39 Å². The lowest BCUT2D eigenvalue weighted by molar-refractivity contribution is 0.617. The molecule has 0 N–H and O–H groups in total. The fourth-order valence-corrected chi connectivity index (χ4v) is 2.32. The van der Waals surface area contributed by atoms with Gasteiger partial charge in [0.05, 0.1) is 16.8 Å². The number of halogens is 1. The van der Waals surface area contributed by atoms with E-state index in [2.05, 4.69) is 33.3 Å². The van der Waals surface area contributed by atoms with E-state index < -0.39 is 5.54 Å². The van der Waals surface area contributed by atoms with Gasteiger partial charge in [0, 0.05) is 5.56 Å². The topological polar surface area (TPSA) is 12.4 Å². The lowest BCUT2D eigenvalue weighted by Gasteiger charge is -2.20. The molecular weight excluding hydrogens is 333 g/mol. The van der Waals surface area contributed by atoms with Crippen molar-refractivity contribution in [3.8, 4) is 12.3 Å². The molecule has 0 heterocycles. The Labute approximate surface area is 164 Å². The van der Waals surface area contributed by atoms with Crippen LogP contribution in [0.4, 0.5) is 4.39 Å². The van der Waals surface area contributed by atoms with Crippen molar-refractivity contribution in [2.75, 3.05) is 0 Å². The van der Waals surface area contributed by atoms with Gasteiger partial charge in [-0.1, -0.05) is 47.4 Å². The highest BCUT2D eigenvalue weighted by Crippen LogP contribution is 2.23. The van der Waals surface area contributed by atoms with Gasteiger partial charge in [-0.05, 0) is 65.7 Å². The van der Waals surface area contributed by atoms with Gasteiger partial charge in [-0.3, -0.25) is 4.99 Å². The first-order valence-corrected chi connectivity index (χ1v) is 9.03. The SMILES string of the molecule is C#C/C(C(=NC(C)(C)C=C)c1cccc(F)c1C)=C(C)/C=C\C(C)=C(C)C. The summed E-state index contributed by atoms with van der Waals surface area (Å²) in [6.45, 7) is 17.6. The number of hydrogen-bond acceptors (Lipinski definition) is 1. The van der Waals surface area contributed by atoms with Crippen molar-refractivity contribution < 1.29 is 4.39 Å². The van der Waals surface area contributed by atoms with Crippen LogP contribution in [0.3, 0.4) is 0 Å². The molecule has 0 atom stereocenters. The molecule has 0 unspecified atom stereocenters. The maximum atomic E-state index is 14.2. The summed E-state index contributed by atoms with van der Waals surface area (Å²) in [6.07, 6.45) is 11.7. The molecule has 0 aromatic heterocycles. The Morgan fingerprint density at radius 1 is 1.15 bits per heavy atom. The summed E-state index contributed by atoms with van der Waals surface area (Å²) in [4.78, 5) is 4.84. The summed E-state index contributed by atoms with van der Waals surface area (Å²) >= 11 is 0. The molecule has 0 spiro atoms. The van der Waals surface area contributed by atoms with Crippen molar-refractivity contribution in [3.63, 3.8) is 0 Å². The Balaban J connectivity index is 3.75. The van der Waals surface area contributed by atoms with E-state index in [0.717, 1.165) is 5.57 Å². The van der Waals surface area contributed by atoms with Crippen LogP contribution < -0.4 is 0 Å². The van der Waals surface area contributed by atoms with Crippen molar-refractivity contribution in [2.24, 2.45) is 4.99 Å². The lowest BCUT2D eigenvalue weighted by Crippen LogP contribution is -2.19. The van der Waals surface area contributed by atoms with Gasteiger partial charge in [0.1, 0.15) is 5.82 Å². The van der Waals surface area contributed by atoms with Crippen molar-refractivity contribution in [1.29, 1.82) is 0 Å². The van der Waals surface area contributed by atoms with Crippen LogP contribution >= 0.6 is 0 Å². The van der Waals surface area contributed by atoms with Crippen LogP contribution in [0.5, 0.6) is 0 Å². The van der Waals surface area contributed by atoms with Crippen molar-refractivity contribution in [1.82, 2.24) is 0 Å². The molecule has 142 valence electrons. The molecule has 1 aromatic rings.